The third-order valence-electron chi connectivity index (χ3n) is 4.50. The van der Waals surface area contributed by atoms with Crippen LogP contribution in [0.15, 0.2) is 59.7 Å². The molecule has 2 aromatic carbocycles. The number of carbonyl (C=O) groups excluding carboxylic acids is 1. The molecule has 140 valence electrons. The quantitative estimate of drug-likeness (QED) is 0.593. The van der Waals surface area contributed by atoms with E-state index in [0.29, 0.717) is 23.1 Å². The fourth-order valence-electron chi connectivity index (χ4n) is 3.43. The Labute approximate surface area is 157 Å². The Balaban J connectivity index is 2.42. The van der Waals surface area contributed by atoms with Gasteiger partial charge in [0.2, 0.25) is 0 Å². The van der Waals surface area contributed by atoms with Crippen molar-refractivity contribution in [2.45, 2.75) is 13.3 Å². The van der Waals surface area contributed by atoms with Gasteiger partial charge < -0.3 is 4.74 Å². The lowest BCUT2D eigenvalue weighted by molar-refractivity contribution is -0.135. The molecule has 0 saturated carbocycles. The van der Waals surface area contributed by atoms with E-state index in [1.807, 2.05) is 0 Å². The highest BCUT2D eigenvalue weighted by molar-refractivity contribution is 8.00. The minimum absolute atomic E-state index is 0.0620. The lowest BCUT2D eigenvalue weighted by Gasteiger charge is -2.16. The van der Waals surface area contributed by atoms with Crippen molar-refractivity contribution in [3.05, 3.63) is 82.2 Å². The van der Waals surface area contributed by atoms with Crippen LogP contribution < -0.4 is 0 Å². The van der Waals surface area contributed by atoms with Crippen molar-refractivity contribution >= 4 is 26.3 Å². The molecule has 0 saturated heterocycles. The van der Waals surface area contributed by atoms with E-state index in [2.05, 4.69) is 0 Å². The number of hydrogen-bond acceptors (Lipinski definition) is 4. The first-order chi connectivity index (χ1) is 12.7. The van der Waals surface area contributed by atoms with Crippen LogP contribution in [0.1, 0.15) is 23.6 Å². The van der Waals surface area contributed by atoms with Gasteiger partial charge in [0.1, 0.15) is 5.82 Å². The molecule has 0 aliphatic heterocycles. The van der Waals surface area contributed by atoms with Crippen molar-refractivity contribution in [3.8, 4) is 0 Å². The number of allylic oxidation sites excluding steroid dienone is 1. The number of carbonyl (C=O) groups is 1. The molecule has 0 bridgehead atoms. The molecule has 0 aromatic heterocycles. The molecule has 0 fully saturated rings. The summed E-state index contributed by atoms with van der Waals surface area (Å²) in [7, 11) is -2.60. The predicted octanol–water partition coefficient (Wildman–Crippen LogP) is 3.78. The fraction of sp³-hybridized carbons (Fsp3) is 0.190. The van der Waals surface area contributed by atoms with Crippen LogP contribution in [0.2, 0.25) is 0 Å². The van der Waals surface area contributed by atoms with Crippen molar-refractivity contribution in [1.82, 2.24) is 0 Å². The highest BCUT2D eigenvalue weighted by atomic mass is 32.2. The zero-order valence-corrected chi connectivity index (χ0v) is 16.1. The summed E-state index contributed by atoms with van der Waals surface area (Å²) in [4.78, 5) is 12.6. The SMILES string of the molecule is COC(=O)C(C1=C(C)Cc2ccc(F)cc21)=C(c1ccccc1)S(C)(=O)=O. The van der Waals surface area contributed by atoms with Crippen molar-refractivity contribution < 1.29 is 22.3 Å². The Hall–Kier alpha value is -2.73. The first-order valence-electron chi connectivity index (χ1n) is 8.31. The number of methoxy groups -OCH3 is 1. The standard InChI is InChI=1S/C21H19FO4S/c1-13-11-15-9-10-16(22)12-17(15)18(13)19(21(23)26-2)20(27(3,24)25)14-7-5-4-6-8-14/h4-10,12H,11H2,1-3H3. The summed E-state index contributed by atoms with van der Waals surface area (Å²) in [5.41, 5.74) is 2.88. The molecule has 0 heterocycles. The van der Waals surface area contributed by atoms with Gasteiger partial charge in [0.15, 0.2) is 9.84 Å². The van der Waals surface area contributed by atoms with Crippen molar-refractivity contribution in [2.75, 3.05) is 13.4 Å². The summed E-state index contributed by atoms with van der Waals surface area (Å²) in [6.07, 6.45) is 1.56. The zero-order chi connectivity index (χ0) is 19.8. The predicted molar refractivity (Wildman–Crippen MR) is 103 cm³/mol. The molecule has 27 heavy (non-hydrogen) atoms. The number of benzene rings is 2. The molecule has 0 atom stereocenters. The van der Waals surface area contributed by atoms with Gasteiger partial charge in [-0.1, -0.05) is 42.0 Å². The second-order valence-corrected chi connectivity index (χ2v) is 8.42. The molecule has 0 amide bonds. The Morgan fingerprint density at radius 2 is 1.78 bits per heavy atom. The maximum atomic E-state index is 13.9. The van der Waals surface area contributed by atoms with Gasteiger partial charge in [-0.15, -0.1) is 0 Å². The summed E-state index contributed by atoms with van der Waals surface area (Å²) >= 11 is 0. The molecule has 6 heteroatoms. The Morgan fingerprint density at radius 1 is 1.11 bits per heavy atom. The van der Waals surface area contributed by atoms with E-state index in [-0.39, 0.29) is 10.5 Å². The fourth-order valence-corrected chi connectivity index (χ4v) is 4.55. The van der Waals surface area contributed by atoms with E-state index in [1.54, 1.807) is 43.3 Å². The summed E-state index contributed by atoms with van der Waals surface area (Å²) in [6.45, 7) is 1.81. The van der Waals surface area contributed by atoms with E-state index in [1.165, 1.54) is 19.2 Å². The largest absolute Gasteiger partial charge is 0.465 e. The highest BCUT2D eigenvalue weighted by Gasteiger charge is 2.33. The maximum Gasteiger partial charge on any atom is 0.339 e. The van der Waals surface area contributed by atoms with E-state index < -0.39 is 21.6 Å². The number of ether oxygens (including phenoxy) is 1. The summed E-state index contributed by atoms with van der Waals surface area (Å²) in [5.74, 6) is -1.23. The number of rotatable bonds is 4. The van der Waals surface area contributed by atoms with Gasteiger partial charge in [0.25, 0.3) is 0 Å². The second-order valence-electron chi connectivity index (χ2n) is 6.47. The van der Waals surface area contributed by atoms with Gasteiger partial charge in [0.05, 0.1) is 17.6 Å². The summed E-state index contributed by atoms with van der Waals surface area (Å²) < 4.78 is 44.2. The first kappa shape index (κ1) is 19.0. The molecule has 2 aromatic rings. The normalized spacial score (nSPS) is 14.7. The molecular weight excluding hydrogens is 367 g/mol. The molecule has 0 unspecified atom stereocenters. The van der Waals surface area contributed by atoms with Crippen LogP contribution in [0.5, 0.6) is 0 Å². The van der Waals surface area contributed by atoms with Gasteiger partial charge in [-0.05, 0) is 47.7 Å². The van der Waals surface area contributed by atoms with Gasteiger partial charge >= 0.3 is 5.97 Å². The van der Waals surface area contributed by atoms with E-state index >= 15 is 0 Å². The van der Waals surface area contributed by atoms with Crippen LogP contribution in [0.3, 0.4) is 0 Å². The van der Waals surface area contributed by atoms with Crippen LogP contribution in [-0.4, -0.2) is 27.8 Å². The van der Waals surface area contributed by atoms with Crippen LogP contribution in [0, 0.1) is 5.82 Å². The molecule has 0 N–H and O–H groups in total. The second kappa shape index (κ2) is 7.12. The number of hydrogen-bond donors (Lipinski definition) is 0. The van der Waals surface area contributed by atoms with Crippen molar-refractivity contribution in [3.63, 3.8) is 0 Å². The first-order valence-corrected chi connectivity index (χ1v) is 10.2. The maximum absolute atomic E-state index is 13.9. The lowest BCUT2D eigenvalue weighted by Crippen LogP contribution is -2.14. The number of halogens is 1. The number of sulfone groups is 1. The molecule has 1 aliphatic rings. The summed E-state index contributed by atoms with van der Waals surface area (Å²) in [6, 6.07) is 12.7. The zero-order valence-electron chi connectivity index (χ0n) is 15.2. The smallest absolute Gasteiger partial charge is 0.339 e. The summed E-state index contributed by atoms with van der Waals surface area (Å²) in [5, 5.41) is 0. The van der Waals surface area contributed by atoms with E-state index in [0.717, 1.165) is 17.4 Å². The van der Waals surface area contributed by atoms with Gasteiger partial charge in [-0.3, -0.25) is 0 Å². The van der Waals surface area contributed by atoms with Crippen LogP contribution >= 0.6 is 0 Å². The minimum atomic E-state index is -3.79. The molecule has 0 radical (unpaired) electrons. The molecule has 1 aliphatic carbocycles. The average molecular weight is 386 g/mol. The van der Waals surface area contributed by atoms with Crippen molar-refractivity contribution in [1.29, 1.82) is 0 Å². The third kappa shape index (κ3) is 3.57. The number of fused-ring (bicyclic) bond motifs is 1. The van der Waals surface area contributed by atoms with Crippen molar-refractivity contribution in [2.24, 2.45) is 0 Å². The minimum Gasteiger partial charge on any atom is -0.465 e. The molecular formula is C21H19FO4S. The van der Waals surface area contributed by atoms with Crippen LogP contribution in [0.25, 0.3) is 10.5 Å². The average Bonchev–Trinajstić information content (AvgIpc) is 2.93. The monoisotopic (exact) mass is 386 g/mol. The lowest BCUT2D eigenvalue weighted by atomic mass is 9.95. The van der Waals surface area contributed by atoms with E-state index in [4.69, 9.17) is 4.74 Å². The Kier molecular flexibility index (Phi) is 5.02. The topological polar surface area (TPSA) is 60.4 Å². The van der Waals surface area contributed by atoms with Gasteiger partial charge in [0, 0.05) is 6.26 Å². The van der Waals surface area contributed by atoms with Gasteiger partial charge in [-0.2, -0.15) is 0 Å². The highest BCUT2D eigenvalue weighted by Crippen LogP contribution is 2.42. The van der Waals surface area contributed by atoms with Crippen LogP contribution in [-0.2, 0) is 25.8 Å². The molecule has 3 rings (SSSR count). The van der Waals surface area contributed by atoms with Gasteiger partial charge in [-0.25, -0.2) is 17.6 Å². The molecule has 0 spiro atoms. The third-order valence-corrected chi connectivity index (χ3v) is 5.68. The van der Waals surface area contributed by atoms with E-state index in [9.17, 15) is 17.6 Å². The Bertz CT molecular complexity index is 1080. The number of esters is 1. The molecule has 4 nitrogen and oxygen atoms in total. The van der Waals surface area contributed by atoms with Crippen LogP contribution in [0.4, 0.5) is 4.39 Å². The Morgan fingerprint density at radius 3 is 2.37 bits per heavy atom.